The number of hydrogen-bond donors (Lipinski definition) is 4. The first-order valence-corrected chi connectivity index (χ1v) is 16.7. The van der Waals surface area contributed by atoms with E-state index in [1.807, 2.05) is 50.2 Å². The van der Waals surface area contributed by atoms with Crippen LogP contribution in [0.25, 0.3) is 11.0 Å². The van der Waals surface area contributed by atoms with Gasteiger partial charge in [0.2, 0.25) is 23.6 Å². The van der Waals surface area contributed by atoms with Crippen LogP contribution in [0.2, 0.25) is 0 Å². The minimum Gasteiger partial charge on any atom is -0.451 e. The second-order valence-corrected chi connectivity index (χ2v) is 13.3. The number of benzene rings is 2. The van der Waals surface area contributed by atoms with E-state index in [9.17, 15) is 29.1 Å². The number of furan rings is 1. The van der Waals surface area contributed by atoms with E-state index in [0.717, 1.165) is 5.56 Å². The molecule has 0 spiro atoms. The van der Waals surface area contributed by atoms with Crippen molar-refractivity contribution in [2.45, 2.75) is 76.4 Å². The van der Waals surface area contributed by atoms with Crippen molar-refractivity contribution in [3.8, 4) is 0 Å². The molecule has 0 radical (unpaired) electrons. The Balaban J connectivity index is 1.49. The van der Waals surface area contributed by atoms with Crippen molar-refractivity contribution in [2.24, 2.45) is 5.92 Å². The van der Waals surface area contributed by atoms with Crippen LogP contribution in [0.5, 0.6) is 0 Å². The summed E-state index contributed by atoms with van der Waals surface area (Å²) < 4.78 is 11.7. The highest BCUT2D eigenvalue weighted by Gasteiger charge is 2.39. The van der Waals surface area contributed by atoms with E-state index < -0.39 is 72.5 Å². The van der Waals surface area contributed by atoms with E-state index in [0.29, 0.717) is 11.0 Å². The van der Waals surface area contributed by atoms with E-state index in [1.165, 1.54) is 16.8 Å². The Bertz CT molecular complexity index is 1630. The van der Waals surface area contributed by atoms with Crippen molar-refractivity contribution in [2.75, 3.05) is 26.7 Å². The van der Waals surface area contributed by atoms with Gasteiger partial charge in [-0.2, -0.15) is 0 Å². The zero-order chi connectivity index (χ0) is 35.2. The largest absolute Gasteiger partial charge is 0.451 e. The van der Waals surface area contributed by atoms with Crippen LogP contribution in [0.1, 0.15) is 49.7 Å². The third kappa shape index (κ3) is 8.65. The minimum atomic E-state index is -1.25. The molecule has 2 bridgehead atoms. The van der Waals surface area contributed by atoms with E-state index >= 15 is 0 Å². The quantitative estimate of drug-likeness (QED) is 0.316. The fourth-order valence-corrected chi connectivity index (χ4v) is 6.23. The topological polar surface area (TPSA) is 171 Å². The molecule has 2 aliphatic rings. The van der Waals surface area contributed by atoms with Crippen molar-refractivity contribution in [1.82, 2.24) is 25.8 Å². The van der Waals surface area contributed by atoms with Gasteiger partial charge in [-0.25, -0.2) is 0 Å². The summed E-state index contributed by atoms with van der Waals surface area (Å²) in [5.74, 6) is -2.81. The van der Waals surface area contributed by atoms with Crippen LogP contribution < -0.4 is 16.0 Å². The first-order valence-electron chi connectivity index (χ1n) is 16.7. The van der Waals surface area contributed by atoms with Crippen LogP contribution in [0.15, 0.2) is 65.1 Å². The van der Waals surface area contributed by atoms with Crippen LogP contribution >= 0.6 is 0 Å². The summed E-state index contributed by atoms with van der Waals surface area (Å²) in [4.78, 5) is 71.1. The first-order chi connectivity index (χ1) is 23.4. The Morgan fingerprint density at radius 2 is 1.67 bits per heavy atom. The molecule has 13 nitrogen and oxygen atoms in total. The van der Waals surface area contributed by atoms with Gasteiger partial charge in [-0.15, -0.1) is 0 Å². The third-order valence-corrected chi connectivity index (χ3v) is 9.10. The van der Waals surface area contributed by atoms with E-state index in [4.69, 9.17) is 9.15 Å². The van der Waals surface area contributed by atoms with Crippen LogP contribution in [0.4, 0.5) is 0 Å². The number of para-hydroxylation sites is 1. The number of rotatable bonds is 5. The molecule has 0 saturated carbocycles. The average molecular weight is 676 g/mol. The van der Waals surface area contributed by atoms with Gasteiger partial charge in [-0.3, -0.25) is 24.0 Å². The number of nitrogens with zero attached hydrogens (tertiary/aromatic N) is 2. The summed E-state index contributed by atoms with van der Waals surface area (Å²) in [7, 11) is 1.47. The van der Waals surface area contributed by atoms with Crippen molar-refractivity contribution in [3.63, 3.8) is 0 Å². The molecule has 2 saturated heterocycles. The van der Waals surface area contributed by atoms with Crippen LogP contribution in [0.3, 0.4) is 0 Å². The molecule has 49 heavy (non-hydrogen) atoms. The third-order valence-electron chi connectivity index (χ3n) is 9.10. The Hall–Kier alpha value is -4.75. The Morgan fingerprint density at radius 1 is 0.959 bits per heavy atom. The maximum atomic E-state index is 13.9. The fourth-order valence-electron chi connectivity index (χ4n) is 6.23. The summed E-state index contributed by atoms with van der Waals surface area (Å²) in [5.41, 5.74) is 1.29. The molecule has 5 rings (SSSR count). The van der Waals surface area contributed by atoms with Crippen molar-refractivity contribution in [1.29, 1.82) is 0 Å². The molecule has 2 fully saturated rings. The summed E-state index contributed by atoms with van der Waals surface area (Å²) >= 11 is 0. The number of aliphatic hydroxyl groups excluding tert-OH is 1. The van der Waals surface area contributed by atoms with Gasteiger partial charge in [0, 0.05) is 25.5 Å². The number of fused-ring (bicyclic) bond motifs is 3. The minimum absolute atomic E-state index is 0.00385. The molecule has 3 heterocycles. The SMILES string of the molecule is CC(C)C[C@H]1NC(=O)CN(C(=O)c2cc3ccccc3o2)C[C@H]2OCC[C@H](NC(=O)[C@H](Cc3ccccc3)NC(=O)[C@H](C)N(C)C1=O)[C@@H]2O. The molecule has 2 aromatic carbocycles. The highest BCUT2D eigenvalue weighted by atomic mass is 16.5. The van der Waals surface area contributed by atoms with Crippen molar-refractivity contribution < 1.29 is 38.2 Å². The predicted molar refractivity (Wildman–Crippen MR) is 180 cm³/mol. The van der Waals surface area contributed by atoms with Gasteiger partial charge in [0.25, 0.3) is 5.91 Å². The fraction of sp³-hybridized carbons (Fsp3) is 0.472. The van der Waals surface area contributed by atoms with Crippen molar-refractivity contribution in [3.05, 3.63) is 72.0 Å². The number of aliphatic hydroxyl groups is 1. The number of likely N-dealkylation sites (N-methyl/N-ethyl adjacent to an activating group) is 1. The second kappa shape index (κ2) is 15.6. The normalized spacial score (nSPS) is 26.2. The highest BCUT2D eigenvalue weighted by Crippen LogP contribution is 2.23. The summed E-state index contributed by atoms with van der Waals surface area (Å²) in [6, 6.07) is 14.1. The molecular formula is C36H45N5O8. The van der Waals surface area contributed by atoms with E-state index in [-0.39, 0.29) is 44.1 Å². The van der Waals surface area contributed by atoms with E-state index in [2.05, 4.69) is 16.0 Å². The summed E-state index contributed by atoms with van der Waals surface area (Å²) in [6.45, 7) is 4.84. The average Bonchev–Trinajstić information content (AvgIpc) is 3.52. The molecule has 0 aliphatic carbocycles. The maximum absolute atomic E-state index is 13.9. The molecule has 13 heteroatoms. The van der Waals surface area contributed by atoms with Gasteiger partial charge >= 0.3 is 0 Å². The van der Waals surface area contributed by atoms with Gasteiger partial charge < -0.3 is 40.0 Å². The molecule has 4 N–H and O–H groups in total. The molecule has 3 aromatic rings. The van der Waals surface area contributed by atoms with E-state index in [1.54, 1.807) is 31.2 Å². The summed E-state index contributed by atoms with van der Waals surface area (Å²) in [6.07, 6.45) is -1.52. The number of nitrogens with one attached hydrogen (secondary N) is 3. The molecule has 262 valence electrons. The van der Waals surface area contributed by atoms with Crippen LogP contribution in [-0.4, -0.2) is 108 Å². The van der Waals surface area contributed by atoms with Gasteiger partial charge in [0.05, 0.1) is 12.6 Å². The number of hydrogen-bond acceptors (Lipinski definition) is 8. The number of ether oxygens (including phenoxy) is 1. The second-order valence-electron chi connectivity index (χ2n) is 13.3. The van der Waals surface area contributed by atoms with Crippen molar-refractivity contribution >= 4 is 40.5 Å². The van der Waals surface area contributed by atoms with Gasteiger partial charge in [-0.1, -0.05) is 62.4 Å². The number of carbonyl (C=O) groups is 5. The lowest BCUT2D eigenvalue weighted by Crippen LogP contribution is -2.60. The van der Waals surface area contributed by atoms with Gasteiger partial charge in [0.15, 0.2) is 5.76 Å². The Labute approximate surface area is 285 Å². The number of carbonyl (C=O) groups excluding carboxylic acids is 5. The molecule has 6 atom stereocenters. The maximum Gasteiger partial charge on any atom is 0.290 e. The molecule has 5 amide bonds. The Morgan fingerprint density at radius 3 is 2.39 bits per heavy atom. The Kier molecular flexibility index (Phi) is 11.4. The smallest absolute Gasteiger partial charge is 0.290 e. The van der Waals surface area contributed by atoms with Crippen LogP contribution in [0, 0.1) is 5.92 Å². The molecular weight excluding hydrogens is 630 g/mol. The lowest BCUT2D eigenvalue weighted by Gasteiger charge is -2.38. The van der Waals surface area contributed by atoms with Gasteiger partial charge in [0.1, 0.15) is 42.5 Å². The first kappa shape index (κ1) is 35.6. The molecule has 0 unspecified atom stereocenters. The number of amides is 5. The highest BCUT2D eigenvalue weighted by molar-refractivity contribution is 5.99. The molecule has 2 aliphatic heterocycles. The van der Waals surface area contributed by atoms with Gasteiger partial charge in [-0.05, 0) is 43.4 Å². The zero-order valence-corrected chi connectivity index (χ0v) is 28.3. The zero-order valence-electron chi connectivity index (χ0n) is 28.3. The standard InChI is InChI=1S/C36H45N5O8/c1-21(2)16-27-35(46)40(4)22(3)33(44)39-26(17-23-10-6-5-7-11-23)34(45)38-25-14-15-48-30(32(25)43)19-41(20-31(42)37-27)36(47)29-18-24-12-8-9-13-28(24)49-29/h5-13,18,21-22,25-27,30,32,43H,14-17,19-20H2,1-4H3,(H,37,42)(H,38,45)(H,39,44)/t22-,25-,26-,27+,30+,32-/m0/s1. The predicted octanol–water partition coefficient (Wildman–Crippen LogP) is 1.63. The lowest BCUT2D eigenvalue weighted by molar-refractivity contribution is -0.142. The monoisotopic (exact) mass is 675 g/mol. The van der Waals surface area contributed by atoms with Crippen LogP contribution in [-0.2, 0) is 30.3 Å². The summed E-state index contributed by atoms with van der Waals surface area (Å²) in [5, 5.41) is 20.6. The molecule has 1 aromatic heterocycles. The lowest BCUT2D eigenvalue weighted by atomic mass is 9.97.